The fraction of sp³-hybridized carbons (Fsp3) is 0.632. The number of hydrogen-bond donors (Lipinski definition) is 3. The van der Waals surface area contributed by atoms with Gasteiger partial charge in [0.2, 0.25) is 0 Å². The molecule has 2 aromatic heterocycles. The van der Waals surface area contributed by atoms with Crippen LogP contribution in [0.15, 0.2) is 0 Å². The number of nitrogens with one attached hydrogen (secondary N) is 2. The molecule has 7 heteroatoms. The molecule has 1 unspecified atom stereocenters. The largest absolute Gasteiger partial charge is 0.476 e. The molecule has 2 aromatic rings. The number of rotatable bonds is 5. The highest BCUT2D eigenvalue weighted by Gasteiger charge is 2.28. The van der Waals surface area contributed by atoms with Crippen LogP contribution >= 0.6 is 0 Å². The summed E-state index contributed by atoms with van der Waals surface area (Å²) in [6.45, 7) is 3.47. The third-order valence-corrected chi connectivity index (χ3v) is 5.80. The van der Waals surface area contributed by atoms with E-state index in [1.807, 2.05) is 11.6 Å². The number of hydrogen-bond acceptors (Lipinski definition) is 4. The average Bonchev–Trinajstić information content (AvgIpc) is 3.12. The molecule has 0 radical (unpaired) electrons. The molecule has 0 aromatic carbocycles. The lowest BCUT2D eigenvalue weighted by molar-refractivity contribution is 0.0688. The van der Waals surface area contributed by atoms with E-state index in [1.54, 1.807) is 0 Å². The van der Waals surface area contributed by atoms with Crippen molar-refractivity contribution in [2.75, 3.05) is 0 Å². The van der Waals surface area contributed by atoms with Crippen LogP contribution in [-0.4, -0.2) is 37.1 Å². The van der Waals surface area contributed by atoms with Gasteiger partial charge >= 0.3 is 5.97 Å². The summed E-state index contributed by atoms with van der Waals surface area (Å²) < 4.78 is 1.85. The van der Waals surface area contributed by atoms with E-state index in [9.17, 15) is 9.90 Å². The number of H-pyrrole nitrogens is 1. The van der Waals surface area contributed by atoms with Crippen LogP contribution in [0.25, 0.3) is 0 Å². The molecule has 0 aliphatic heterocycles. The molecule has 0 saturated carbocycles. The van der Waals surface area contributed by atoms with Crippen LogP contribution in [0, 0.1) is 0 Å². The number of carbonyl (C=O) groups is 1. The van der Waals surface area contributed by atoms with Gasteiger partial charge in [-0.25, -0.2) is 4.79 Å². The summed E-state index contributed by atoms with van der Waals surface area (Å²) in [6.07, 6.45) is 8.60. The van der Waals surface area contributed by atoms with Crippen LogP contribution < -0.4 is 5.32 Å². The number of aryl methyl sites for hydroxylation is 2. The van der Waals surface area contributed by atoms with E-state index in [1.165, 1.54) is 30.5 Å². The molecule has 0 saturated heterocycles. The lowest BCUT2D eigenvalue weighted by Crippen LogP contribution is -2.35. The standard InChI is InChI=1S/C19H27N5O2/c1-2-24-17-9-8-12(10-14(17)18(23-24)19(25)26)20-11-16-13-6-4-3-5-7-15(13)21-22-16/h12,20H,2-11H2,1H3,(H,21,22)(H,25,26). The van der Waals surface area contributed by atoms with Crippen molar-refractivity contribution in [1.29, 1.82) is 0 Å². The van der Waals surface area contributed by atoms with Crippen molar-refractivity contribution in [1.82, 2.24) is 25.3 Å². The van der Waals surface area contributed by atoms with Crippen molar-refractivity contribution < 1.29 is 9.90 Å². The Hall–Kier alpha value is -2.15. The lowest BCUT2D eigenvalue weighted by atomic mass is 9.91. The number of aromatic amines is 1. The predicted molar refractivity (Wildman–Crippen MR) is 97.4 cm³/mol. The van der Waals surface area contributed by atoms with Crippen LogP contribution in [0.5, 0.6) is 0 Å². The van der Waals surface area contributed by atoms with Crippen molar-refractivity contribution in [3.05, 3.63) is 33.9 Å². The number of fused-ring (bicyclic) bond motifs is 2. The average molecular weight is 357 g/mol. The van der Waals surface area contributed by atoms with E-state index in [0.29, 0.717) is 6.54 Å². The Morgan fingerprint density at radius 2 is 2.12 bits per heavy atom. The quantitative estimate of drug-likeness (QED) is 0.713. The first-order valence-corrected chi connectivity index (χ1v) is 9.77. The Bertz CT molecular complexity index is 807. The van der Waals surface area contributed by atoms with Gasteiger partial charge in [-0.2, -0.15) is 10.2 Å². The molecule has 0 spiro atoms. The molecule has 26 heavy (non-hydrogen) atoms. The molecular weight excluding hydrogens is 330 g/mol. The van der Waals surface area contributed by atoms with Gasteiger partial charge in [-0.3, -0.25) is 9.78 Å². The highest BCUT2D eigenvalue weighted by atomic mass is 16.4. The molecule has 1 atom stereocenters. The molecule has 0 fully saturated rings. The van der Waals surface area contributed by atoms with Gasteiger partial charge in [-0.05, 0) is 57.4 Å². The Morgan fingerprint density at radius 1 is 1.27 bits per heavy atom. The highest BCUT2D eigenvalue weighted by molar-refractivity contribution is 5.87. The minimum atomic E-state index is -0.924. The Morgan fingerprint density at radius 3 is 2.92 bits per heavy atom. The van der Waals surface area contributed by atoms with Crippen LogP contribution in [-0.2, 0) is 38.8 Å². The maximum absolute atomic E-state index is 11.5. The third-order valence-electron chi connectivity index (χ3n) is 5.80. The van der Waals surface area contributed by atoms with Crippen LogP contribution in [0.2, 0.25) is 0 Å². The molecule has 7 nitrogen and oxygen atoms in total. The number of aromatic carboxylic acids is 1. The van der Waals surface area contributed by atoms with E-state index >= 15 is 0 Å². The summed E-state index contributed by atoms with van der Waals surface area (Å²) in [5, 5.41) is 25.1. The van der Waals surface area contributed by atoms with Gasteiger partial charge in [0.05, 0.1) is 5.69 Å². The van der Waals surface area contributed by atoms with Crippen LogP contribution in [0.3, 0.4) is 0 Å². The zero-order chi connectivity index (χ0) is 18.1. The van der Waals surface area contributed by atoms with Gasteiger partial charge in [0, 0.05) is 36.1 Å². The number of nitrogens with zero attached hydrogens (tertiary/aromatic N) is 3. The maximum Gasteiger partial charge on any atom is 0.356 e. The molecule has 2 aliphatic carbocycles. The Balaban J connectivity index is 1.46. The summed E-state index contributed by atoms with van der Waals surface area (Å²) in [5.41, 5.74) is 6.07. The minimum absolute atomic E-state index is 0.224. The van der Waals surface area contributed by atoms with Gasteiger partial charge in [0.1, 0.15) is 0 Å². The third kappa shape index (κ3) is 3.16. The Kier molecular flexibility index (Phi) is 4.80. The fourth-order valence-corrected chi connectivity index (χ4v) is 4.41. The maximum atomic E-state index is 11.5. The molecule has 2 aliphatic rings. The summed E-state index contributed by atoms with van der Waals surface area (Å²) in [5.74, 6) is -0.924. The van der Waals surface area contributed by atoms with Gasteiger partial charge in [0.25, 0.3) is 0 Å². The minimum Gasteiger partial charge on any atom is -0.476 e. The van der Waals surface area contributed by atoms with Crippen LogP contribution in [0.1, 0.15) is 71.3 Å². The van der Waals surface area contributed by atoms with Gasteiger partial charge in [-0.1, -0.05) is 6.42 Å². The number of carboxylic acids is 1. The topological polar surface area (TPSA) is 95.8 Å². The van der Waals surface area contributed by atoms with E-state index in [4.69, 9.17) is 0 Å². The first kappa shape index (κ1) is 17.3. The van der Waals surface area contributed by atoms with Crippen molar-refractivity contribution in [3.8, 4) is 0 Å². The van der Waals surface area contributed by atoms with E-state index in [-0.39, 0.29) is 11.7 Å². The van der Waals surface area contributed by atoms with Gasteiger partial charge in [0.15, 0.2) is 5.69 Å². The summed E-state index contributed by atoms with van der Waals surface area (Å²) >= 11 is 0. The zero-order valence-corrected chi connectivity index (χ0v) is 15.3. The summed E-state index contributed by atoms with van der Waals surface area (Å²) in [7, 11) is 0. The molecule has 4 rings (SSSR count). The first-order chi connectivity index (χ1) is 12.7. The summed E-state index contributed by atoms with van der Waals surface area (Å²) in [4.78, 5) is 11.5. The second kappa shape index (κ2) is 7.23. The van der Waals surface area contributed by atoms with Gasteiger partial charge in [-0.15, -0.1) is 0 Å². The Labute approximate surface area is 153 Å². The second-order valence-corrected chi connectivity index (χ2v) is 7.40. The first-order valence-electron chi connectivity index (χ1n) is 9.77. The fourth-order valence-electron chi connectivity index (χ4n) is 4.41. The van der Waals surface area contributed by atoms with Gasteiger partial charge < -0.3 is 10.4 Å². The zero-order valence-electron chi connectivity index (χ0n) is 15.3. The monoisotopic (exact) mass is 357 g/mol. The SMILES string of the molecule is CCn1nc(C(=O)O)c2c1CCC(NCc1n[nH]c3c1CCCCC3)C2. The molecule has 140 valence electrons. The highest BCUT2D eigenvalue weighted by Crippen LogP contribution is 2.26. The van der Waals surface area contributed by atoms with Crippen molar-refractivity contribution in [2.24, 2.45) is 0 Å². The molecule has 2 heterocycles. The van der Waals surface area contributed by atoms with Crippen molar-refractivity contribution >= 4 is 5.97 Å². The molecule has 3 N–H and O–H groups in total. The van der Waals surface area contributed by atoms with E-state index in [2.05, 4.69) is 20.6 Å². The molecule has 0 bridgehead atoms. The van der Waals surface area contributed by atoms with Crippen molar-refractivity contribution in [3.63, 3.8) is 0 Å². The van der Waals surface area contributed by atoms with Crippen molar-refractivity contribution in [2.45, 2.75) is 77.4 Å². The van der Waals surface area contributed by atoms with E-state index in [0.717, 1.165) is 55.6 Å². The van der Waals surface area contributed by atoms with E-state index < -0.39 is 5.97 Å². The predicted octanol–water partition coefficient (Wildman–Crippen LogP) is 2.24. The smallest absolute Gasteiger partial charge is 0.356 e. The van der Waals surface area contributed by atoms with Crippen LogP contribution in [0.4, 0.5) is 0 Å². The number of carboxylic acid groups (broad SMARTS) is 1. The summed E-state index contributed by atoms with van der Waals surface area (Å²) in [6, 6.07) is 0.272. The number of aromatic nitrogens is 4. The normalized spacial score (nSPS) is 19.7. The lowest BCUT2D eigenvalue weighted by Gasteiger charge is -2.24. The second-order valence-electron chi connectivity index (χ2n) is 7.40. The molecule has 0 amide bonds. The molecular formula is C19H27N5O2.